The lowest BCUT2D eigenvalue weighted by Crippen LogP contribution is -2.22. The molecule has 1 unspecified atom stereocenters. The average Bonchev–Trinajstić information content (AvgIpc) is 2.96. The van der Waals surface area contributed by atoms with Crippen molar-refractivity contribution >= 4 is 11.3 Å². The van der Waals surface area contributed by atoms with E-state index in [0.29, 0.717) is 6.04 Å². The number of nitrogens with zero attached hydrogens (tertiary/aromatic N) is 2. The van der Waals surface area contributed by atoms with Crippen LogP contribution in [0.2, 0.25) is 0 Å². The minimum Gasteiger partial charge on any atom is -0.311 e. The largest absolute Gasteiger partial charge is 0.311 e. The van der Waals surface area contributed by atoms with Gasteiger partial charge in [0.05, 0.1) is 11.7 Å². The van der Waals surface area contributed by atoms with Crippen LogP contribution in [0, 0.1) is 0 Å². The molecular weight excluding hydrogens is 218 g/mol. The number of aromatic nitrogens is 2. The van der Waals surface area contributed by atoms with Gasteiger partial charge in [0.2, 0.25) is 0 Å². The molecule has 0 amide bonds. The summed E-state index contributed by atoms with van der Waals surface area (Å²) in [6, 6.07) is 4.62. The maximum atomic E-state index is 4.31. The zero-order valence-electron chi connectivity index (χ0n) is 9.68. The number of likely N-dealkylation sites (N-methyl/N-ethyl adjacent to an activating group) is 1. The van der Waals surface area contributed by atoms with Crippen molar-refractivity contribution in [1.29, 1.82) is 0 Å². The van der Waals surface area contributed by atoms with E-state index in [9.17, 15) is 0 Å². The third-order valence-corrected chi connectivity index (χ3v) is 3.51. The summed E-state index contributed by atoms with van der Waals surface area (Å²) in [6.45, 7) is 3.04. The Kier molecular flexibility index (Phi) is 3.74. The standard InChI is InChI=1S/C12H17N3S/c1-3-15-12(4-6-14-15)11(13-2)8-10-5-7-16-9-10/h4-7,9,11,13H,3,8H2,1-2H3. The zero-order chi connectivity index (χ0) is 11.4. The highest BCUT2D eigenvalue weighted by molar-refractivity contribution is 7.07. The van der Waals surface area contributed by atoms with Crippen molar-refractivity contribution in [2.45, 2.75) is 25.9 Å². The fraction of sp³-hybridized carbons (Fsp3) is 0.417. The smallest absolute Gasteiger partial charge is 0.0556 e. The van der Waals surface area contributed by atoms with Crippen molar-refractivity contribution in [3.63, 3.8) is 0 Å². The minimum atomic E-state index is 0.344. The highest BCUT2D eigenvalue weighted by atomic mass is 32.1. The second-order valence-corrected chi connectivity index (χ2v) is 4.53. The van der Waals surface area contributed by atoms with Gasteiger partial charge in [-0.3, -0.25) is 4.68 Å². The highest BCUT2D eigenvalue weighted by Crippen LogP contribution is 2.19. The van der Waals surface area contributed by atoms with Gasteiger partial charge < -0.3 is 5.32 Å². The summed E-state index contributed by atoms with van der Waals surface area (Å²) in [5.74, 6) is 0. The Morgan fingerprint density at radius 2 is 2.38 bits per heavy atom. The first-order valence-electron chi connectivity index (χ1n) is 5.55. The van der Waals surface area contributed by atoms with Crippen LogP contribution in [-0.4, -0.2) is 16.8 Å². The molecule has 16 heavy (non-hydrogen) atoms. The lowest BCUT2D eigenvalue weighted by Gasteiger charge is -2.16. The monoisotopic (exact) mass is 235 g/mol. The number of thiophene rings is 1. The highest BCUT2D eigenvalue weighted by Gasteiger charge is 2.14. The van der Waals surface area contributed by atoms with E-state index in [1.54, 1.807) is 11.3 Å². The Morgan fingerprint density at radius 1 is 1.50 bits per heavy atom. The molecule has 0 aliphatic carbocycles. The molecule has 1 N–H and O–H groups in total. The Morgan fingerprint density at radius 3 is 3.00 bits per heavy atom. The first kappa shape index (κ1) is 11.4. The van der Waals surface area contributed by atoms with Crippen molar-refractivity contribution < 1.29 is 0 Å². The molecule has 86 valence electrons. The quantitative estimate of drug-likeness (QED) is 0.863. The van der Waals surface area contributed by atoms with Crippen LogP contribution in [0.1, 0.15) is 24.2 Å². The van der Waals surface area contributed by atoms with Crippen molar-refractivity contribution in [3.8, 4) is 0 Å². The summed E-state index contributed by atoms with van der Waals surface area (Å²) >= 11 is 1.75. The van der Waals surface area contributed by atoms with Gasteiger partial charge in [0, 0.05) is 12.7 Å². The molecule has 3 nitrogen and oxygen atoms in total. The predicted molar refractivity (Wildman–Crippen MR) is 67.7 cm³/mol. The molecule has 0 aromatic carbocycles. The molecule has 2 aromatic rings. The van der Waals surface area contributed by atoms with E-state index in [0.717, 1.165) is 13.0 Å². The second kappa shape index (κ2) is 5.27. The van der Waals surface area contributed by atoms with E-state index in [4.69, 9.17) is 0 Å². The SMILES string of the molecule is CCn1nccc1C(Cc1ccsc1)NC. The van der Waals surface area contributed by atoms with E-state index in [2.05, 4.69) is 40.2 Å². The normalized spacial score (nSPS) is 12.9. The molecule has 0 saturated heterocycles. The number of aryl methyl sites for hydroxylation is 1. The van der Waals surface area contributed by atoms with E-state index >= 15 is 0 Å². The first-order chi connectivity index (χ1) is 7.85. The Labute approximate surface area is 100 Å². The van der Waals surface area contributed by atoms with E-state index in [1.165, 1.54) is 11.3 Å². The molecule has 0 spiro atoms. The first-order valence-corrected chi connectivity index (χ1v) is 6.49. The summed E-state index contributed by atoms with van der Waals surface area (Å²) in [6.07, 6.45) is 2.89. The molecule has 1 atom stereocenters. The number of hydrogen-bond acceptors (Lipinski definition) is 3. The van der Waals surface area contributed by atoms with Gasteiger partial charge >= 0.3 is 0 Å². The van der Waals surface area contributed by atoms with Crippen LogP contribution in [0.25, 0.3) is 0 Å². The Balaban J connectivity index is 2.16. The van der Waals surface area contributed by atoms with Gasteiger partial charge in [0.1, 0.15) is 0 Å². The van der Waals surface area contributed by atoms with Crippen molar-refractivity contribution in [2.24, 2.45) is 0 Å². The second-order valence-electron chi connectivity index (χ2n) is 3.75. The number of hydrogen-bond donors (Lipinski definition) is 1. The molecule has 0 saturated carbocycles. The van der Waals surface area contributed by atoms with E-state index in [1.807, 2.05) is 17.9 Å². The number of rotatable bonds is 5. The Hall–Kier alpha value is -1.13. The molecule has 0 bridgehead atoms. The maximum Gasteiger partial charge on any atom is 0.0556 e. The van der Waals surface area contributed by atoms with Gasteiger partial charge in [-0.25, -0.2) is 0 Å². The van der Waals surface area contributed by atoms with Gasteiger partial charge in [-0.05, 0) is 48.8 Å². The van der Waals surface area contributed by atoms with Crippen LogP contribution in [0.3, 0.4) is 0 Å². The van der Waals surface area contributed by atoms with Crippen LogP contribution in [0.5, 0.6) is 0 Å². The van der Waals surface area contributed by atoms with Crippen LogP contribution in [-0.2, 0) is 13.0 Å². The van der Waals surface area contributed by atoms with Gasteiger partial charge in [-0.2, -0.15) is 16.4 Å². The third-order valence-electron chi connectivity index (χ3n) is 2.77. The summed E-state index contributed by atoms with van der Waals surface area (Å²) in [4.78, 5) is 0. The fourth-order valence-corrected chi connectivity index (χ4v) is 2.58. The van der Waals surface area contributed by atoms with Crippen LogP contribution < -0.4 is 5.32 Å². The lowest BCUT2D eigenvalue weighted by atomic mass is 10.1. The number of nitrogens with one attached hydrogen (secondary N) is 1. The molecule has 0 aliphatic heterocycles. The molecule has 4 heteroatoms. The molecule has 0 fully saturated rings. The van der Waals surface area contributed by atoms with Crippen molar-refractivity contribution in [2.75, 3.05) is 7.05 Å². The van der Waals surface area contributed by atoms with Crippen molar-refractivity contribution in [1.82, 2.24) is 15.1 Å². The fourth-order valence-electron chi connectivity index (χ4n) is 1.90. The lowest BCUT2D eigenvalue weighted by molar-refractivity contribution is 0.514. The van der Waals surface area contributed by atoms with Crippen LogP contribution in [0.4, 0.5) is 0 Å². The predicted octanol–water partition coefficient (Wildman–Crippen LogP) is 2.47. The topological polar surface area (TPSA) is 29.9 Å². The zero-order valence-corrected chi connectivity index (χ0v) is 10.5. The minimum absolute atomic E-state index is 0.344. The average molecular weight is 235 g/mol. The molecular formula is C12H17N3S. The van der Waals surface area contributed by atoms with E-state index < -0.39 is 0 Å². The Bertz CT molecular complexity index is 419. The summed E-state index contributed by atoms with van der Waals surface area (Å²) < 4.78 is 2.05. The van der Waals surface area contributed by atoms with Crippen LogP contribution in [0.15, 0.2) is 29.1 Å². The summed E-state index contributed by atoms with van der Waals surface area (Å²) in [5.41, 5.74) is 2.64. The molecule has 2 heterocycles. The van der Waals surface area contributed by atoms with Gasteiger partial charge in [0.15, 0.2) is 0 Å². The third kappa shape index (κ3) is 2.33. The van der Waals surface area contributed by atoms with Crippen LogP contribution >= 0.6 is 11.3 Å². The molecule has 2 aromatic heterocycles. The van der Waals surface area contributed by atoms with Crippen molar-refractivity contribution in [3.05, 3.63) is 40.3 Å². The van der Waals surface area contributed by atoms with Gasteiger partial charge in [-0.1, -0.05) is 0 Å². The molecule has 0 aliphatic rings. The maximum absolute atomic E-state index is 4.31. The summed E-state index contributed by atoms with van der Waals surface area (Å²) in [7, 11) is 2.00. The molecule has 0 radical (unpaired) electrons. The van der Waals surface area contributed by atoms with E-state index in [-0.39, 0.29) is 0 Å². The molecule has 2 rings (SSSR count). The summed E-state index contributed by atoms with van der Waals surface area (Å²) in [5, 5.41) is 12.0. The van der Waals surface area contributed by atoms with Gasteiger partial charge in [0.25, 0.3) is 0 Å². The van der Waals surface area contributed by atoms with Gasteiger partial charge in [-0.15, -0.1) is 0 Å².